The lowest BCUT2D eigenvalue weighted by molar-refractivity contribution is -0.154. The molecule has 2 unspecified atom stereocenters. The number of carbonyl (C=O) groups excluding carboxylic acids is 3. The minimum Gasteiger partial charge on any atom is -0.460 e. The zero-order chi connectivity index (χ0) is 26.0. The number of amides is 2. The highest BCUT2D eigenvalue weighted by molar-refractivity contribution is 6.39. The summed E-state index contributed by atoms with van der Waals surface area (Å²) in [6.45, 7) is 8.08. The van der Waals surface area contributed by atoms with Crippen molar-refractivity contribution in [3.63, 3.8) is 0 Å². The van der Waals surface area contributed by atoms with E-state index in [0.717, 1.165) is 36.8 Å². The maximum atomic E-state index is 13.3. The van der Waals surface area contributed by atoms with Crippen LogP contribution in [0.5, 0.6) is 0 Å². The van der Waals surface area contributed by atoms with Gasteiger partial charge in [-0.1, -0.05) is 30.7 Å². The van der Waals surface area contributed by atoms with Gasteiger partial charge in [-0.25, -0.2) is 0 Å². The molecule has 1 saturated carbocycles. The summed E-state index contributed by atoms with van der Waals surface area (Å²) in [5, 5.41) is 3.35. The van der Waals surface area contributed by atoms with E-state index >= 15 is 0 Å². The Hall–Kier alpha value is -2.93. The Morgan fingerprint density at radius 1 is 1.14 bits per heavy atom. The summed E-state index contributed by atoms with van der Waals surface area (Å²) < 4.78 is 5.45. The zero-order valence-electron chi connectivity index (χ0n) is 21.3. The van der Waals surface area contributed by atoms with Gasteiger partial charge in [0.15, 0.2) is 0 Å². The van der Waals surface area contributed by atoms with E-state index in [0.29, 0.717) is 34.8 Å². The molecule has 0 bridgehead atoms. The summed E-state index contributed by atoms with van der Waals surface area (Å²) in [6, 6.07) is 9.10. The fraction of sp³-hybridized carbons (Fsp3) is 0.500. The van der Waals surface area contributed by atoms with E-state index < -0.39 is 17.4 Å². The number of nitrogens with zero attached hydrogens (tertiary/aromatic N) is 2. The monoisotopic (exact) mass is 511 g/mol. The van der Waals surface area contributed by atoms with Crippen molar-refractivity contribution < 1.29 is 19.1 Å². The number of benzene rings is 1. The molecular weight excluding hydrogens is 478 g/mol. The molecule has 1 saturated heterocycles. The molecule has 1 aliphatic heterocycles. The Labute approximate surface area is 217 Å². The topological polar surface area (TPSA) is 88.6 Å². The van der Waals surface area contributed by atoms with Gasteiger partial charge in [-0.3, -0.25) is 19.4 Å². The molecule has 2 aliphatic rings. The molecule has 36 heavy (non-hydrogen) atoms. The van der Waals surface area contributed by atoms with E-state index in [4.69, 9.17) is 16.3 Å². The van der Waals surface area contributed by atoms with Crippen LogP contribution in [0.1, 0.15) is 82.2 Å². The van der Waals surface area contributed by atoms with Gasteiger partial charge in [0.1, 0.15) is 5.60 Å². The standard InChI is InChI=1S/C28H34ClN3O4/c1-17-8-11-24(19-6-5-7-20(29)12-19)32(16-17)27(35)26(34)31-21-13-22(18-9-10-18)23(30-15-21)14-25(33)36-28(2,3)4/h5-7,12-13,15,17-18,24H,8-11,14,16H2,1-4H3,(H,31,34). The van der Waals surface area contributed by atoms with E-state index in [2.05, 4.69) is 17.2 Å². The second kappa shape index (κ2) is 10.6. The van der Waals surface area contributed by atoms with Crippen LogP contribution in [-0.4, -0.2) is 39.8 Å². The molecular formula is C28H34ClN3O4. The Morgan fingerprint density at radius 3 is 2.56 bits per heavy atom. The third-order valence-electron chi connectivity index (χ3n) is 6.52. The molecule has 192 valence electrons. The van der Waals surface area contributed by atoms with Crippen LogP contribution >= 0.6 is 11.6 Å². The Kier molecular flexibility index (Phi) is 7.69. The number of ether oxygens (including phenoxy) is 1. The van der Waals surface area contributed by atoms with Crippen molar-refractivity contribution in [3.8, 4) is 0 Å². The highest BCUT2D eigenvalue weighted by Crippen LogP contribution is 2.42. The molecule has 1 N–H and O–H groups in total. The average Bonchev–Trinajstić information content (AvgIpc) is 3.63. The van der Waals surface area contributed by atoms with Gasteiger partial charge < -0.3 is 15.0 Å². The second-order valence-corrected chi connectivity index (χ2v) is 11.4. The van der Waals surface area contributed by atoms with Crippen LogP contribution in [0.4, 0.5) is 5.69 Å². The lowest BCUT2D eigenvalue weighted by atomic mass is 9.90. The highest BCUT2D eigenvalue weighted by atomic mass is 35.5. The number of hydrogen-bond acceptors (Lipinski definition) is 5. The van der Waals surface area contributed by atoms with Crippen LogP contribution in [-0.2, 0) is 25.5 Å². The van der Waals surface area contributed by atoms with Gasteiger partial charge in [0, 0.05) is 11.6 Å². The number of likely N-dealkylation sites (tertiary alicyclic amines) is 1. The molecule has 2 amide bonds. The van der Waals surface area contributed by atoms with Crippen LogP contribution in [0, 0.1) is 5.92 Å². The lowest BCUT2D eigenvalue weighted by Gasteiger charge is -2.38. The van der Waals surface area contributed by atoms with Crippen molar-refractivity contribution in [1.29, 1.82) is 0 Å². The summed E-state index contributed by atoms with van der Waals surface area (Å²) in [4.78, 5) is 44.8. The maximum Gasteiger partial charge on any atom is 0.313 e. The minimum absolute atomic E-state index is 0.0727. The number of piperidine rings is 1. The molecule has 2 heterocycles. The minimum atomic E-state index is -0.695. The predicted octanol–water partition coefficient (Wildman–Crippen LogP) is 5.43. The molecule has 8 heteroatoms. The fourth-order valence-electron chi connectivity index (χ4n) is 4.74. The lowest BCUT2D eigenvalue weighted by Crippen LogP contribution is -2.46. The average molecular weight is 512 g/mol. The molecule has 1 aromatic carbocycles. The quantitative estimate of drug-likeness (QED) is 0.427. The van der Waals surface area contributed by atoms with Crippen LogP contribution in [0.15, 0.2) is 36.5 Å². The van der Waals surface area contributed by atoms with Crippen molar-refractivity contribution in [3.05, 3.63) is 58.4 Å². The number of carbonyl (C=O) groups is 3. The van der Waals surface area contributed by atoms with Crippen LogP contribution < -0.4 is 5.32 Å². The zero-order valence-corrected chi connectivity index (χ0v) is 22.1. The molecule has 7 nitrogen and oxygen atoms in total. The number of esters is 1. The number of hydrogen-bond donors (Lipinski definition) is 1. The second-order valence-electron chi connectivity index (χ2n) is 11.0. The van der Waals surface area contributed by atoms with E-state index in [1.165, 1.54) is 6.20 Å². The van der Waals surface area contributed by atoms with Gasteiger partial charge in [-0.05, 0) is 87.6 Å². The summed E-state index contributed by atoms with van der Waals surface area (Å²) >= 11 is 6.19. The normalized spacial score (nSPS) is 20.1. The van der Waals surface area contributed by atoms with Crippen LogP contribution in [0.2, 0.25) is 5.02 Å². The number of pyridine rings is 1. The third-order valence-corrected chi connectivity index (χ3v) is 6.75. The first-order valence-electron chi connectivity index (χ1n) is 12.6. The van der Waals surface area contributed by atoms with E-state index in [9.17, 15) is 14.4 Å². The smallest absolute Gasteiger partial charge is 0.313 e. The number of aromatic nitrogens is 1. The van der Waals surface area contributed by atoms with Crippen molar-refractivity contribution in [2.75, 3.05) is 11.9 Å². The predicted molar refractivity (Wildman–Crippen MR) is 139 cm³/mol. The summed E-state index contributed by atoms with van der Waals surface area (Å²) in [5.74, 6) is -1.00. The van der Waals surface area contributed by atoms with Crippen molar-refractivity contribution in [2.24, 2.45) is 5.92 Å². The van der Waals surface area contributed by atoms with Gasteiger partial charge >= 0.3 is 17.8 Å². The van der Waals surface area contributed by atoms with Gasteiger partial charge in [0.05, 0.1) is 30.0 Å². The van der Waals surface area contributed by atoms with Gasteiger partial charge in [0.25, 0.3) is 0 Å². The molecule has 2 aromatic rings. The highest BCUT2D eigenvalue weighted by Gasteiger charge is 2.35. The van der Waals surface area contributed by atoms with Gasteiger partial charge in [-0.15, -0.1) is 0 Å². The molecule has 2 fully saturated rings. The molecule has 0 radical (unpaired) electrons. The largest absolute Gasteiger partial charge is 0.460 e. The first kappa shape index (κ1) is 26.1. The van der Waals surface area contributed by atoms with Crippen molar-refractivity contribution in [1.82, 2.24) is 9.88 Å². The molecule has 4 rings (SSSR count). The number of anilines is 1. The fourth-order valence-corrected chi connectivity index (χ4v) is 4.94. The molecule has 0 spiro atoms. The van der Waals surface area contributed by atoms with Crippen molar-refractivity contribution in [2.45, 2.75) is 77.4 Å². The van der Waals surface area contributed by atoms with Crippen LogP contribution in [0.25, 0.3) is 0 Å². The number of rotatable bonds is 5. The number of halogens is 1. The SMILES string of the molecule is CC1CCC(c2cccc(Cl)c2)N(C(=O)C(=O)Nc2cnc(CC(=O)OC(C)(C)C)c(C3CC3)c2)C1. The third kappa shape index (κ3) is 6.64. The Balaban J connectivity index is 1.49. The summed E-state index contributed by atoms with van der Waals surface area (Å²) in [7, 11) is 0. The molecule has 1 aromatic heterocycles. The van der Waals surface area contributed by atoms with Crippen LogP contribution in [0.3, 0.4) is 0 Å². The number of nitrogens with one attached hydrogen (secondary N) is 1. The molecule has 1 aliphatic carbocycles. The maximum absolute atomic E-state index is 13.3. The van der Waals surface area contributed by atoms with E-state index in [1.54, 1.807) is 11.0 Å². The van der Waals surface area contributed by atoms with Crippen molar-refractivity contribution >= 4 is 35.1 Å². The summed E-state index contributed by atoms with van der Waals surface area (Å²) in [5.41, 5.74) is 2.39. The first-order valence-corrected chi connectivity index (χ1v) is 13.0. The Bertz CT molecular complexity index is 1160. The molecule has 2 atom stereocenters. The van der Waals surface area contributed by atoms with E-state index in [-0.39, 0.29) is 18.4 Å². The van der Waals surface area contributed by atoms with Gasteiger partial charge in [0.2, 0.25) is 0 Å². The first-order chi connectivity index (χ1) is 17.0. The van der Waals surface area contributed by atoms with E-state index in [1.807, 2.05) is 45.0 Å². The Morgan fingerprint density at radius 2 is 1.89 bits per heavy atom. The van der Waals surface area contributed by atoms with Gasteiger partial charge in [-0.2, -0.15) is 0 Å². The summed E-state index contributed by atoms with van der Waals surface area (Å²) in [6.07, 6.45) is 5.33.